The van der Waals surface area contributed by atoms with E-state index in [4.69, 9.17) is 15.2 Å². The Balaban J connectivity index is 1.88. The molecule has 2 N–H and O–H groups in total. The van der Waals surface area contributed by atoms with Crippen molar-refractivity contribution in [2.75, 3.05) is 26.4 Å². The number of rotatable bonds is 9. The maximum absolute atomic E-state index is 5.99. The number of nitrogens with two attached hydrogens (primary N) is 1. The molecule has 0 aromatic carbocycles. The minimum absolute atomic E-state index is 0.233. The van der Waals surface area contributed by atoms with Gasteiger partial charge in [-0.25, -0.2) is 0 Å². The van der Waals surface area contributed by atoms with E-state index in [0.717, 1.165) is 45.2 Å². The van der Waals surface area contributed by atoms with E-state index >= 15 is 0 Å². The number of hydrogen-bond acceptors (Lipinski definition) is 3. The molecule has 0 aliphatic carbocycles. The molecule has 0 aromatic rings. The molecule has 17 heavy (non-hydrogen) atoms. The van der Waals surface area contributed by atoms with Crippen LogP contribution in [-0.4, -0.2) is 32.5 Å². The van der Waals surface area contributed by atoms with Gasteiger partial charge in [0.15, 0.2) is 0 Å². The van der Waals surface area contributed by atoms with Gasteiger partial charge in [0.25, 0.3) is 0 Å². The quantitative estimate of drug-likeness (QED) is 0.633. The van der Waals surface area contributed by atoms with Gasteiger partial charge >= 0.3 is 0 Å². The summed E-state index contributed by atoms with van der Waals surface area (Å²) in [5, 5.41) is 0. The molecule has 1 saturated heterocycles. The van der Waals surface area contributed by atoms with Gasteiger partial charge in [-0.3, -0.25) is 0 Å². The van der Waals surface area contributed by atoms with Gasteiger partial charge in [0.1, 0.15) is 0 Å². The third kappa shape index (κ3) is 7.74. The fourth-order valence-corrected chi connectivity index (χ4v) is 2.34. The van der Waals surface area contributed by atoms with Crippen molar-refractivity contribution < 1.29 is 9.47 Å². The molecule has 0 amide bonds. The first-order valence-electron chi connectivity index (χ1n) is 7.24. The molecule has 102 valence electrons. The van der Waals surface area contributed by atoms with E-state index in [1.165, 1.54) is 32.1 Å². The van der Waals surface area contributed by atoms with Gasteiger partial charge < -0.3 is 15.2 Å². The van der Waals surface area contributed by atoms with Crippen molar-refractivity contribution in [3.8, 4) is 0 Å². The molecule has 1 aliphatic heterocycles. The number of unbranched alkanes of at least 4 members (excludes halogenated alkanes) is 1. The van der Waals surface area contributed by atoms with E-state index in [9.17, 15) is 0 Å². The van der Waals surface area contributed by atoms with Crippen LogP contribution in [0.1, 0.15) is 51.9 Å². The van der Waals surface area contributed by atoms with Crippen LogP contribution in [-0.2, 0) is 9.47 Å². The second kappa shape index (κ2) is 9.86. The Morgan fingerprint density at radius 2 is 2.06 bits per heavy atom. The van der Waals surface area contributed by atoms with Crippen molar-refractivity contribution in [2.24, 2.45) is 11.7 Å². The maximum atomic E-state index is 5.99. The fourth-order valence-electron chi connectivity index (χ4n) is 2.34. The monoisotopic (exact) mass is 243 g/mol. The Labute approximate surface area is 106 Å². The van der Waals surface area contributed by atoms with Crippen LogP contribution in [0.2, 0.25) is 0 Å². The normalized spacial score (nSPS) is 19.4. The van der Waals surface area contributed by atoms with Crippen LogP contribution < -0.4 is 5.73 Å². The van der Waals surface area contributed by atoms with E-state index in [2.05, 4.69) is 6.92 Å². The highest BCUT2D eigenvalue weighted by molar-refractivity contribution is 4.65. The van der Waals surface area contributed by atoms with E-state index < -0.39 is 0 Å². The summed E-state index contributed by atoms with van der Waals surface area (Å²) in [5.74, 6) is 0.899. The molecule has 0 radical (unpaired) electrons. The van der Waals surface area contributed by atoms with Crippen LogP contribution >= 0.6 is 0 Å². The third-order valence-electron chi connectivity index (χ3n) is 3.46. The topological polar surface area (TPSA) is 44.5 Å². The summed E-state index contributed by atoms with van der Waals surface area (Å²) in [5.41, 5.74) is 5.99. The molecule has 1 rings (SSSR count). The Kier molecular flexibility index (Phi) is 8.67. The summed E-state index contributed by atoms with van der Waals surface area (Å²) in [7, 11) is 0. The number of hydrogen-bond donors (Lipinski definition) is 1. The predicted molar refractivity (Wildman–Crippen MR) is 71.1 cm³/mol. The molecule has 1 heterocycles. The van der Waals surface area contributed by atoms with E-state index in [-0.39, 0.29) is 6.04 Å². The van der Waals surface area contributed by atoms with Gasteiger partial charge in [0.2, 0.25) is 0 Å². The van der Waals surface area contributed by atoms with Crippen LogP contribution in [0.15, 0.2) is 0 Å². The first-order valence-corrected chi connectivity index (χ1v) is 7.24. The summed E-state index contributed by atoms with van der Waals surface area (Å²) < 4.78 is 10.8. The molecule has 3 heteroatoms. The fraction of sp³-hybridized carbons (Fsp3) is 1.00. The zero-order valence-corrected chi connectivity index (χ0v) is 11.3. The van der Waals surface area contributed by atoms with Crippen molar-refractivity contribution in [1.82, 2.24) is 0 Å². The zero-order valence-electron chi connectivity index (χ0n) is 11.3. The highest BCUT2D eigenvalue weighted by Gasteiger charge is 2.13. The lowest BCUT2D eigenvalue weighted by Crippen LogP contribution is -2.26. The van der Waals surface area contributed by atoms with Crippen molar-refractivity contribution in [1.29, 1.82) is 0 Å². The van der Waals surface area contributed by atoms with Gasteiger partial charge in [-0.05, 0) is 31.6 Å². The molecule has 0 saturated carbocycles. The summed E-state index contributed by atoms with van der Waals surface area (Å²) in [6.45, 7) is 5.63. The van der Waals surface area contributed by atoms with Crippen molar-refractivity contribution >= 4 is 0 Å². The second-order valence-electron chi connectivity index (χ2n) is 5.18. The summed E-state index contributed by atoms with van der Waals surface area (Å²) in [6.07, 6.45) is 8.60. The van der Waals surface area contributed by atoms with Crippen LogP contribution in [0.3, 0.4) is 0 Å². The van der Waals surface area contributed by atoms with Gasteiger partial charge in [0, 0.05) is 25.9 Å². The van der Waals surface area contributed by atoms with Crippen LogP contribution in [0.4, 0.5) is 0 Å². The Bertz CT molecular complexity index is 170. The number of ether oxygens (including phenoxy) is 2. The minimum atomic E-state index is 0.233. The van der Waals surface area contributed by atoms with Crippen molar-refractivity contribution in [3.63, 3.8) is 0 Å². The first-order chi connectivity index (χ1) is 8.33. The molecular formula is C14H29NO2. The van der Waals surface area contributed by atoms with E-state index in [0.29, 0.717) is 0 Å². The summed E-state index contributed by atoms with van der Waals surface area (Å²) >= 11 is 0. The molecule has 3 nitrogen and oxygen atoms in total. The van der Waals surface area contributed by atoms with E-state index in [1.807, 2.05) is 0 Å². The van der Waals surface area contributed by atoms with Crippen LogP contribution in [0, 0.1) is 5.92 Å². The lowest BCUT2D eigenvalue weighted by molar-refractivity contribution is 0.0629. The van der Waals surface area contributed by atoms with E-state index in [1.54, 1.807) is 0 Å². The Hall–Kier alpha value is -0.120. The lowest BCUT2D eigenvalue weighted by Gasteiger charge is -2.22. The predicted octanol–water partition coefficient (Wildman–Crippen LogP) is 2.73. The molecular weight excluding hydrogens is 214 g/mol. The van der Waals surface area contributed by atoms with Crippen LogP contribution in [0.25, 0.3) is 0 Å². The first kappa shape index (κ1) is 14.9. The highest BCUT2D eigenvalue weighted by Crippen LogP contribution is 2.21. The SMILES string of the molecule is CCCOCC(N)CCCCC1CCOCC1. The molecule has 0 bridgehead atoms. The van der Waals surface area contributed by atoms with Gasteiger partial charge in [-0.2, -0.15) is 0 Å². The average molecular weight is 243 g/mol. The van der Waals surface area contributed by atoms with Gasteiger partial charge in [-0.1, -0.05) is 26.2 Å². The average Bonchev–Trinajstić information content (AvgIpc) is 2.36. The lowest BCUT2D eigenvalue weighted by atomic mass is 9.93. The highest BCUT2D eigenvalue weighted by atomic mass is 16.5. The van der Waals surface area contributed by atoms with Crippen molar-refractivity contribution in [2.45, 2.75) is 57.9 Å². The van der Waals surface area contributed by atoms with Crippen molar-refractivity contribution in [3.05, 3.63) is 0 Å². The Morgan fingerprint density at radius 1 is 1.29 bits per heavy atom. The molecule has 1 aliphatic rings. The molecule has 1 fully saturated rings. The summed E-state index contributed by atoms with van der Waals surface area (Å²) in [4.78, 5) is 0. The standard InChI is InChI=1S/C14H29NO2/c1-2-9-17-12-14(15)6-4-3-5-13-7-10-16-11-8-13/h13-14H,2-12,15H2,1H3. The molecule has 1 atom stereocenters. The second-order valence-corrected chi connectivity index (χ2v) is 5.18. The third-order valence-corrected chi connectivity index (χ3v) is 3.46. The summed E-state index contributed by atoms with van der Waals surface area (Å²) in [6, 6.07) is 0.233. The van der Waals surface area contributed by atoms with Gasteiger partial charge in [0.05, 0.1) is 6.61 Å². The van der Waals surface area contributed by atoms with Gasteiger partial charge in [-0.15, -0.1) is 0 Å². The largest absolute Gasteiger partial charge is 0.381 e. The molecule has 1 unspecified atom stereocenters. The minimum Gasteiger partial charge on any atom is -0.381 e. The molecule has 0 aromatic heterocycles. The zero-order chi connectivity index (χ0) is 12.3. The Morgan fingerprint density at radius 3 is 2.76 bits per heavy atom. The maximum Gasteiger partial charge on any atom is 0.0617 e. The molecule has 0 spiro atoms. The van der Waals surface area contributed by atoms with Crippen LogP contribution in [0.5, 0.6) is 0 Å². The smallest absolute Gasteiger partial charge is 0.0617 e.